The molecule has 0 bridgehead atoms. The molecule has 0 N–H and O–H groups in total. The summed E-state index contributed by atoms with van der Waals surface area (Å²) in [5.74, 6) is -3.35. The molecule has 0 unspecified atom stereocenters. The summed E-state index contributed by atoms with van der Waals surface area (Å²) in [6.07, 6.45) is 1.15. The van der Waals surface area contributed by atoms with Gasteiger partial charge in [0.25, 0.3) is 0 Å². The molecule has 1 fully saturated rings. The highest BCUT2D eigenvalue weighted by Crippen LogP contribution is 2.37. The van der Waals surface area contributed by atoms with Crippen molar-refractivity contribution in [3.05, 3.63) is 99.4 Å². The third-order valence-electron chi connectivity index (χ3n) is 6.74. The van der Waals surface area contributed by atoms with Crippen molar-refractivity contribution >= 4 is 33.5 Å². The molecule has 0 saturated carbocycles. The molecule has 206 valence electrons. The van der Waals surface area contributed by atoms with Crippen molar-refractivity contribution < 1.29 is 32.2 Å². The van der Waals surface area contributed by atoms with Crippen molar-refractivity contribution in [1.29, 1.82) is 0 Å². The number of aryl methyl sites for hydroxylation is 1. The predicted molar refractivity (Wildman–Crippen MR) is 147 cm³/mol. The van der Waals surface area contributed by atoms with Crippen molar-refractivity contribution in [2.45, 2.75) is 26.4 Å². The Morgan fingerprint density at radius 1 is 0.975 bits per heavy atom. The summed E-state index contributed by atoms with van der Waals surface area (Å²) in [6.45, 7) is 1.96. The van der Waals surface area contributed by atoms with E-state index in [9.17, 15) is 22.8 Å². The van der Waals surface area contributed by atoms with E-state index in [-0.39, 0.29) is 11.5 Å². The van der Waals surface area contributed by atoms with Gasteiger partial charge < -0.3 is 18.9 Å². The summed E-state index contributed by atoms with van der Waals surface area (Å²) in [7, 11) is 1.29. The second-order valence-corrected chi connectivity index (χ2v) is 10.3. The summed E-state index contributed by atoms with van der Waals surface area (Å²) >= 11 is 3.48. The highest BCUT2D eigenvalue weighted by atomic mass is 79.9. The van der Waals surface area contributed by atoms with E-state index in [0.717, 1.165) is 16.6 Å². The Kier molecular flexibility index (Phi) is 7.71. The van der Waals surface area contributed by atoms with Crippen LogP contribution in [0.3, 0.4) is 0 Å². The number of hydrogen-bond acceptors (Lipinski definition) is 4. The van der Waals surface area contributed by atoms with Crippen LogP contribution in [0.15, 0.2) is 65.1 Å². The first-order valence-electron chi connectivity index (χ1n) is 12.4. The van der Waals surface area contributed by atoms with Crippen LogP contribution < -0.4 is 9.64 Å². The molecule has 4 aromatic rings. The average molecular weight is 613 g/mol. The maximum atomic E-state index is 14.3. The van der Waals surface area contributed by atoms with Crippen LogP contribution in [0.2, 0.25) is 0 Å². The fourth-order valence-corrected chi connectivity index (χ4v) is 5.18. The number of carbonyl (C=O) groups excluding carboxylic acids is 2. The lowest BCUT2D eigenvalue weighted by Gasteiger charge is -2.21. The molecule has 1 saturated heterocycles. The standard InChI is InChI=1S/C30H24BrF3N2O4/c1-17-5-7-27(23-12-19(31)6-8-28(23)40-16-24-25(33)13-20(32)14-26(24)34)36(17)22-11-18(30(38)39-2)10-21(15-22)35-9-3-4-29(35)37/h5-8,10-15H,3-4,9,16H2,1-2H3. The minimum Gasteiger partial charge on any atom is -0.488 e. The largest absolute Gasteiger partial charge is 0.488 e. The molecule has 1 aromatic heterocycles. The van der Waals surface area contributed by atoms with Gasteiger partial charge in [-0.2, -0.15) is 0 Å². The summed E-state index contributed by atoms with van der Waals surface area (Å²) in [4.78, 5) is 26.7. The first-order valence-corrected chi connectivity index (χ1v) is 13.2. The fourth-order valence-electron chi connectivity index (χ4n) is 4.82. The number of nitrogens with zero attached hydrogens (tertiary/aromatic N) is 2. The van der Waals surface area contributed by atoms with Crippen LogP contribution >= 0.6 is 15.9 Å². The van der Waals surface area contributed by atoms with Crippen molar-refractivity contribution in [2.75, 3.05) is 18.6 Å². The van der Waals surface area contributed by atoms with E-state index in [0.29, 0.717) is 53.5 Å². The molecule has 3 aromatic carbocycles. The van der Waals surface area contributed by atoms with Gasteiger partial charge in [0.15, 0.2) is 0 Å². The number of halogens is 4. The monoisotopic (exact) mass is 612 g/mol. The number of esters is 1. The van der Waals surface area contributed by atoms with E-state index in [1.54, 1.807) is 35.2 Å². The molecular weight excluding hydrogens is 589 g/mol. The molecule has 2 heterocycles. The van der Waals surface area contributed by atoms with E-state index < -0.39 is 35.6 Å². The van der Waals surface area contributed by atoms with E-state index in [1.165, 1.54) is 7.11 Å². The summed E-state index contributed by atoms with van der Waals surface area (Å²) in [5.41, 5.74) is 3.14. The summed E-state index contributed by atoms with van der Waals surface area (Å²) < 4.78 is 55.4. The number of carbonyl (C=O) groups is 2. The highest BCUT2D eigenvalue weighted by Gasteiger charge is 2.25. The zero-order valence-electron chi connectivity index (χ0n) is 21.6. The number of amides is 1. The van der Waals surface area contributed by atoms with Gasteiger partial charge in [-0.25, -0.2) is 18.0 Å². The van der Waals surface area contributed by atoms with Crippen molar-refractivity contribution in [1.82, 2.24) is 4.57 Å². The Balaban J connectivity index is 1.60. The molecule has 1 aliphatic rings. The fraction of sp³-hybridized carbons (Fsp3) is 0.200. The number of anilines is 1. The third kappa shape index (κ3) is 5.36. The maximum absolute atomic E-state index is 14.3. The SMILES string of the molecule is COC(=O)c1cc(N2CCCC2=O)cc(-n2c(C)ccc2-c2cc(Br)ccc2OCc2c(F)cc(F)cc2F)c1. The molecule has 0 radical (unpaired) electrons. The molecule has 0 aliphatic carbocycles. The van der Waals surface area contributed by atoms with Crippen LogP contribution in [0, 0.1) is 24.4 Å². The number of hydrogen-bond donors (Lipinski definition) is 0. The lowest BCUT2D eigenvalue weighted by molar-refractivity contribution is -0.117. The van der Waals surface area contributed by atoms with Gasteiger partial charge >= 0.3 is 5.97 Å². The number of methoxy groups -OCH3 is 1. The van der Waals surface area contributed by atoms with Crippen LogP contribution in [-0.2, 0) is 16.1 Å². The number of aromatic nitrogens is 1. The van der Waals surface area contributed by atoms with E-state index in [1.807, 2.05) is 29.7 Å². The van der Waals surface area contributed by atoms with Gasteiger partial charge in [-0.15, -0.1) is 0 Å². The summed E-state index contributed by atoms with van der Waals surface area (Å²) in [6, 6.07) is 15.3. The van der Waals surface area contributed by atoms with E-state index in [2.05, 4.69) is 15.9 Å². The average Bonchev–Trinajstić information content (AvgIpc) is 3.53. The second-order valence-electron chi connectivity index (χ2n) is 9.35. The van der Waals surface area contributed by atoms with Crippen LogP contribution in [0.25, 0.3) is 16.9 Å². The quantitative estimate of drug-likeness (QED) is 0.208. The smallest absolute Gasteiger partial charge is 0.337 e. The minimum atomic E-state index is -1.04. The Labute approximate surface area is 237 Å². The maximum Gasteiger partial charge on any atom is 0.337 e. The highest BCUT2D eigenvalue weighted by molar-refractivity contribution is 9.10. The van der Waals surface area contributed by atoms with E-state index >= 15 is 0 Å². The lowest BCUT2D eigenvalue weighted by Crippen LogP contribution is -2.24. The molecule has 10 heteroatoms. The Bertz CT molecular complexity index is 1610. The van der Waals surface area contributed by atoms with Crippen molar-refractivity contribution in [2.24, 2.45) is 0 Å². The number of ether oxygens (including phenoxy) is 2. The lowest BCUT2D eigenvalue weighted by atomic mass is 10.1. The van der Waals surface area contributed by atoms with Crippen LogP contribution in [0.5, 0.6) is 5.75 Å². The Morgan fingerprint density at radius 2 is 1.70 bits per heavy atom. The molecule has 1 amide bonds. The first kappa shape index (κ1) is 27.5. The number of benzene rings is 3. The molecule has 40 heavy (non-hydrogen) atoms. The van der Waals surface area contributed by atoms with Gasteiger partial charge in [-0.1, -0.05) is 15.9 Å². The van der Waals surface area contributed by atoms with Gasteiger partial charge in [-0.3, -0.25) is 4.79 Å². The van der Waals surface area contributed by atoms with Gasteiger partial charge in [0.2, 0.25) is 5.91 Å². The van der Waals surface area contributed by atoms with Crippen LogP contribution in [0.1, 0.15) is 34.5 Å². The third-order valence-corrected chi connectivity index (χ3v) is 7.23. The molecule has 0 spiro atoms. The predicted octanol–water partition coefficient (Wildman–Crippen LogP) is 7.12. The van der Waals surface area contributed by atoms with Crippen molar-refractivity contribution in [3.8, 4) is 22.7 Å². The zero-order chi connectivity index (χ0) is 28.6. The summed E-state index contributed by atoms with van der Waals surface area (Å²) in [5, 5.41) is 0. The molecule has 5 rings (SSSR count). The van der Waals surface area contributed by atoms with Gasteiger partial charge in [0, 0.05) is 52.2 Å². The second kappa shape index (κ2) is 11.2. The topological polar surface area (TPSA) is 60.8 Å². The van der Waals surface area contributed by atoms with Gasteiger partial charge in [0.05, 0.1) is 23.9 Å². The Morgan fingerprint density at radius 3 is 2.38 bits per heavy atom. The van der Waals surface area contributed by atoms with Gasteiger partial charge in [0.1, 0.15) is 29.8 Å². The normalized spacial score (nSPS) is 13.2. The van der Waals surface area contributed by atoms with Crippen LogP contribution in [0.4, 0.5) is 18.9 Å². The minimum absolute atomic E-state index is 0.0275. The van der Waals surface area contributed by atoms with Crippen LogP contribution in [-0.4, -0.2) is 30.1 Å². The zero-order valence-corrected chi connectivity index (χ0v) is 23.2. The molecule has 0 atom stereocenters. The molecule has 1 aliphatic heterocycles. The first-order chi connectivity index (χ1) is 19.2. The van der Waals surface area contributed by atoms with Gasteiger partial charge in [-0.05, 0) is 61.9 Å². The molecule has 6 nitrogen and oxygen atoms in total. The molecular formula is C30H24BrF3N2O4. The van der Waals surface area contributed by atoms with Crippen molar-refractivity contribution in [3.63, 3.8) is 0 Å². The Hall–Kier alpha value is -4.05. The number of rotatable bonds is 7. The van der Waals surface area contributed by atoms with E-state index in [4.69, 9.17) is 9.47 Å².